The van der Waals surface area contributed by atoms with Crippen LogP contribution in [0.1, 0.15) is 0 Å². The van der Waals surface area contributed by atoms with E-state index >= 15 is 0 Å². The van der Waals surface area contributed by atoms with Gasteiger partial charge < -0.3 is 0 Å². The van der Waals surface area contributed by atoms with Crippen LogP contribution >= 0.6 is 11.3 Å². The van der Waals surface area contributed by atoms with Crippen LogP contribution in [0.15, 0.2) is 200 Å². The molecule has 0 spiro atoms. The third kappa shape index (κ3) is 5.76. The molecule has 0 aliphatic rings. The normalized spacial score (nSPS) is 11.8. The van der Waals surface area contributed by atoms with Crippen molar-refractivity contribution >= 4 is 75.4 Å². The van der Waals surface area contributed by atoms with Crippen molar-refractivity contribution in [3.8, 4) is 56.8 Å². The molecule has 13 aromatic rings. The van der Waals surface area contributed by atoms with Gasteiger partial charge in [-0.1, -0.05) is 127 Å². The highest BCUT2D eigenvalue weighted by atomic mass is 32.1. The van der Waals surface area contributed by atoms with Gasteiger partial charge in [0.1, 0.15) is 16.9 Å². The molecule has 8 heteroatoms. The van der Waals surface area contributed by atoms with Gasteiger partial charge >= 0.3 is 0 Å². The van der Waals surface area contributed by atoms with Gasteiger partial charge in [-0.25, -0.2) is 9.97 Å². The minimum Gasteiger partial charge on any atom is -0.294 e. The molecule has 0 bridgehead atoms. The van der Waals surface area contributed by atoms with Crippen LogP contribution in [0.25, 0.3) is 121 Å². The molecule has 0 atom stereocenters. The van der Waals surface area contributed by atoms with Gasteiger partial charge in [-0.15, -0.1) is 11.3 Å². The standard InChI is InChI=1S/C55H33N7S/c1-3-13-34(14-4-1)53-58-54(35-15-5-2-6-16-35)60-55(59-53)62-45-22-10-8-20-41(45)43-33-39(25-27-47(43)62)37-18-11-17-36(31-37)38-24-26-46-42(32-38)40-19-7-9-21-44(40)61(46)50-29-28-49-52(57-50)51-48(63-49)23-12-30-56-51/h1-33H. The molecule has 63 heavy (non-hydrogen) atoms. The molecular weight excluding hydrogens is 791 g/mol. The molecule has 0 aliphatic carbocycles. The van der Waals surface area contributed by atoms with Gasteiger partial charge in [0.25, 0.3) is 0 Å². The molecule has 13 rings (SSSR count). The number of fused-ring (bicyclic) bond motifs is 9. The fraction of sp³-hybridized carbons (Fsp3) is 0. The molecule has 0 amide bonds. The average Bonchev–Trinajstić information content (AvgIpc) is 4.01. The van der Waals surface area contributed by atoms with Gasteiger partial charge in [0.15, 0.2) is 11.6 Å². The average molecular weight is 824 g/mol. The number of hydrogen-bond donors (Lipinski definition) is 0. The van der Waals surface area contributed by atoms with E-state index in [-0.39, 0.29) is 0 Å². The molecule has 0 radical (unpaired) electrons. The van der Waals surface area contributed by atoms with E-state index in [1.165, 1.54) is 10.8 Å². The van der Waals surface area contributed by atoms with E-state index in [1.807, 2.05) is 72.9 Å². The van der Waals surface area contributed by atoms with E-state index in [0.717, 1.165) is 92.5 Å². The van der Waals surface area contributed by atoms with Crippen LogP contribution in [-0.2, 0) is 0 Å². The van der Waals surface area contributed by atoms with Gasteiger partial charge in [0, 0.05) is 38.9 Å². The van der Waals surface area contributed by atoms with Crippen molar-refractivity contribution in [2.24, 2.45) is 0 Å². The number of aromatic nitrogens is 7. The van der Waals surface area contributed by atoms with Gasteiger partial charge in [-0.05, 0) is 89.0 Å². The lowest BCUT2D eigenvalue weighted by Gasteiger charge is -2.11. The third-order valence-corrected chi connectivity index (χ3v) is 13.1. The highest BCUT2D eigenvalue weighted by Crippen LogP contribution is 2.39. The Hall–Kier alpha value is -8.33. The molecule has 7 nitrogen and oxygen atoms in total. The Labute approximate surface area is 364 Å². The fourth-order valence-corrected chi connectivity index (χ4v) is 10.1. The Morgan fingerprint density at radius 3 is 1.51 bits per heavy atom. The van der Waals surface area contributed by atoms with E-state index in [0.29, 0.717) is 17.6 Å². The van der Waals surface area contributed by atoms with Crippen LogP contribution < -0.4 is 0 Å². The van der Waals surface area contributed by atoms with Gasteiger partial charge in [-0.3, -0.25) is 14.1 Å². The first kappa shape index (κ1) is 35.4. The monoisotopic (exact) mass is 823 g/mol. The lowest BCUT2D eigenvalue weighted by molar-refractivity contribution is 0.953. The van der Waals surface area contributed by atoms with Crippen molar-refractivity contribution in [2.45, 2.75) is 0 Å². The molecule has 294 valence electrons. The lowest BCUT2D eigenvalue weighted by atomic mass is 9.97. The van der Waals surface area contributed by atoms with Crippen LogP contribution in [0, 0.1) is 0 Å². The topological polar surface area (TPSA) is 74.3 Å². The highest BCUT2D eigenvalue weighted by Gasteiger charge is 2.20. The predicted molar refractivity (Wildman–Crippen MR) is 259 cm³/mol. The highest BCUT2D eigenvalue weighted by molar-refractivity contribution is 7.25. The van der Waals surface area contributed by atoms with Crippen molar-refractivity contribution in [1.82, 2.24) is 34.1 Å². The van der Waals surface area contributed by atoms with Crippen molar-refractivity contribution < 1.29 is 0 Å². The molecule has 6 heterocycles. The van der Waals surface area contributed by atoms with E-state index in [4.69, 9.17) is 19.9 Å². The number of hydrogen-bond acceptors (Lipinski definition) is 6. The number of pyridine rings is 2. The summed E-state index contributed by atoms with van der Waals surface area (Å²) in [5.74, 6) is 2.72. The Kier molecular flexibility index (Phi) is 7.94. The molecule has 0 aliphatic heterocycles. The fourth-order valence-electron chi connectivity index (χ4n) is 9.12. The van der Waals surface area contributed by atoms with E-state index in [9.17, 15) is 0 Å². The predicted octanol–water partition coefficient (Wildman–Crippen LogP) is 13.9. The van der Waals surface area contributed by atoms with Crippen molar-refractivity contribution in [2.75, 3.05) is 0 Å². The van der Waals surface area contributed by atoms with Gasteiger partial charge in [0.2, 0.25) is 5.95 Å². The van der Waals surface area contributed by atoms with Crippen molar-refractivity contribution in [3.63, 3.8) is 0 Å². The molecular formula is C55H33N7S. The number of para-hydroxylation sites is 2. The lowest BCUT2D eigenvalue weighted by Crippen LogP contribution is -2.06. The van der Waals surface area contributed by atoms with E-state index in [2.05, 4.69) is 142 Å². The maximum absolute atomic E-state index is 5.22. The van der Waals surface area contributed by atoms with Crippen LogP contribution in [0.4, 0.5) is 0 Å². The largest absolute Gasteiger partial charge is 0.294 e. The summed E-state index contributed by atoms with van der Waals surface area (Å²) in [5, 5.41) is 4.63. The smallest absolute Gasteiger partial charge is 0.238 e. The summed E-state index contributed by atoms with van der Waals surface area (Å²) in [6.45, 7) is 0. The second-order valence-corrected chi connectivity index (χ2v) is 16.8. The van der Waals surface area contributed by atoms with E-state index in [1.54, 1.807) is 11.3 Å². The number of thiophene rings is 1. The van der Waals surface area contributed by atoms with Gasteiger partial charge in [0.05, 0.1) is 31.5 Å². The molecule has 0 fully saturated rings. The zero-order chi connectivity index (χ0) is 41.4. The summed E-state index contributed by atoms with van der Waals surface area (Å²) in [6.07, 6.45) is 1.85. The first-order valence-corrected chi connectivity index (χ1v) is 21.7. The summed E-state index contributed by atoms with van der Waals surface area (Å²) in [7, 11) is 0. The Morgan fingerprint density at radius 1 is 0.333 bits per heavy atom. The van der Waals surface area contributed by atoms with Crippen LogP contribution in [0.2, 0.25) is 0 Å². The minimum absolute atomic E-state index is 0.578. The first-order chi connectivity index (χ1) is 31.2. The summed E-state index contributed by atoms with van der Waals surface area (Å²) in [5.41, 5.74) is 12.6. The molecule has 0 unspecified atom stereocenters. The first-order valence-electron chi connectivity index (χ1n) is 20.9. The quantitative estimate of drug-likeness (QED) is 0.167. The van der Waals surface area contributed by atoms with Crippen LogP contribution in [-0.4, -0.2) is 34.1 Å². The minimum atomic E-state index is 0.578. The third-order valence-electron chi connectivity index (χ3n) is 12.0. The van der Waals surface area contributed by atoms with Crippen molar-refractivity contribution in [3.05, 3.63) is 200 Å². The summed E-state index contributed by atoms with van der Waals surface area (Å²) in [4.78, 5) is 25.1. The SMILES string of the molecule is c1ccc(-c2nc(-c3ccccc3)nc(-n3c4ccccc4c4cc(-c5cccc(-c6ccc7c(c6)c6ccccc6n7-c6ccc7sc8cccnc8c7n6)c5)ccc43)n2)cc1. The second kappa shape index (κ2) is 14.1. The van der Waals surface area contributed by atoms with Crippen LogP contribution in [0.5, 0.6) is 0 Å². The zero-order valence-corrected chi connectivity index (χ0v) is 34.4. The zero-order valence-electron chi connectivity index (χ0n) is 33.6. The number of rotatable bonds is 6. The molecule has 0 N–H and O–H groups in total. The van der Waals surface area contributed by atoms with Gasteiger partial charge in [-0.2, -0.15) is 9.97 Å². The maximum Gasteiger partial charge on any atom is 0.238 e. The Bertz CT molecular complexity index is 3870. The molecule has 0 saturated heterocycles. The van der Waals surface area contributed by atoms with E-state index < -0.39 is 0 Å². The maximum atomic E-state index is 5.22. The summed E-state index contributed by atoms with van der Waals surface area (Å²) < 4.78 is 6.74. The Balaban J connectivity index is 0.920. The second-order valence-electron chi connectivity index (χ2n) is 15.7. The Morgan fingerprint density at radius 2 is 0.857 bits per heavy atom. The summed E-state index contributed by atoms with van der Waals surface area (Å²) in [6, 6.07) is 68.1. The number of nitrogens with zero attached hydrogens (tertiary/aromatic N) is 7. The van der Waals surface area contributed by atoms with Crippen LogP contribution in [0.3, 0.4) is 0 Å². The van der Waals surface area contributed by atoms with Crippen molar-refractivity contribution in [1.29, 1.82) is 0 Å². The number of benzene rings is 7. The molecule has 7 aromatic carbocycles. The summed E-state index contributed by atoms with van der Waals surface area (Å²) >= 11 is 1.73. The molecule has 6 aromatic heterocycles. The molecule has 0 saturated carbocycles.